The van der Waals surface area contributed by atoms with Gasteiger partial charge in [0, 0.05) is 0 Å². The smallest absolute Gasteiger partial charge is 0.323 e. The largest absolute Gasteiger partial charge is 0.480 e. The van der Waals surface area contributed by atoms with Crippen molar-refractivity contribution in [1.82, 2.24) is 0 Å². The minimum Gasteiger partial charge on any atom is -0.480 e. The van der Waals surface area contributed by atoms with Crippen LogP contribution in [-0.2, 0) is 14.4 Å². The third-order valence-electron chi connectivity index (χ3n) is 3.35. The first-order chi connectivity index (χ1) is 11.2. The van der Waals surface area contributed by atoms with Crippen molar-refractivity contribution in [2.24, 2.45) is 29.0 Å². The summed E-state index contributed by atoms with van der Waals surface area (Å²) >= 11 is 0. The molecule has 0 unspecified atom stereocenters. The minimum atomic E-state index is -1.18. The summed E-state index contributed by atoms with van der Waals surface area (Å²) in [4.78, 5) is 30.0. The molecule has 150 valence electrons. The summed E-state index contributed by atoms with van der Waals surface area (Å²) in [6.07, 6.45) is -0.166. The number of hydrogen-bond donors (Lipinski definition) is 7. The molecule has 10 nitrogen and oxygen atoms in total. The summed E-state index contributed by atoms with van der Waals surface area (Å²) in [6.45, 7) is 8.64. The van der Waals surface area contributed by atoms with Crippen LogP contribution in [0, 0.1) is 11.8 Å². The van der Waals surface area contributed by atoms with Gasteiger partial charge >= 0.3 is 17.9 Å². The van der Waals surface area contributed by atoms with Crippen molar-refractivity contribution in [3.8, 4) is 0 Å². The van der Waals surface area contributed by atoms with E-state index in [-0.39, 0.29) is 11.8 Å². The molecule has 0 aromatic rings. The van der Waals surface area contributed by atoms with Crippen molar-refractivity contribution in [3.63, 3.8) is 0 Å². The van der Waals surface area contributed by atoms with E-state index in [0.717, 1.165) is 6.42 Å². The third kappa shape index (κ3) is 15.5. The Morgan fingerprint density at radius 3 is 1.12 bits per heavy atom. The molecular weight excluding hydrogens is 334 g/mol. The molecule has 25 heavy (non-hydrogen) atoms. The Morgan fingerprint density at radius 2 is 1.08 bits per heavy atom. The number of aliphatic hydroxyl groups is 1. The highest BCUT2D eigenvalue weighted by atomic mass is 16.4. The molecule has 0 aromatic heterocycles. The molecule has 0 heterocycles. The van der Waals surface area contributed by atoms with Gasteiger partial charge in [-0.1, -0.05) is 34.1 Å². The maximum atomic E-state index is 10.2. The lowest BCUT2D eigenvalue weighted by Gasteiger charge is -2.11. The summed E-state index contributed by atoms with van der Waals surface area (Å²) in [6, 6.07) is -2.57. The average Bonchev–Trinajstić information content (AvgIpc) is 2.52. The number of carboxylic acids is 3. The van der Waals surface area contributed by atoms with Gasteiger partial charge in [-0.25, -0.2) is 0 Å². The van der Waals surface area contributed by atoms with Crippen molar-refractivity contribution < 1.29 is 34.8 Å². The van der Waals surface area contributed by atoms with Crippen molar-refractivity contribution >= 4 is 17.9 Å². The lowest BCUT2D eigenvalue weighted by molar-refractivity contribution is -0.141. The number of carboxylic acid groups (broad SMARTS) is 3. The Balaban J connectivity index is -0.000000291. The molecule has 0 radical (unpaired) electrons. The van der Waals surface area contributed by atoms with Crippen LogP contribution in [0.1, 0.15) is 41.0 Å². The molecule has 10 heteroatoms. The summed E-state index contributed by atoms with van der Waals surface area (Å²) in [7, 11) is 0. The lowest BCUT2D eigenvalue weighted by atomic mass is 10.0. The minimum absolute atomic E-state index is 0.0208. The topological polar surface area (TPSA) is 210 Å². The van der Waals surface area contributed by atoms with Gasteiger partial charge in [0.1, 0.15) is 18.1 Å². The number of aliphatic carboxylic acids is 3. The van der Waals surface area contributed by atoms with E-state index in [1.807, 2.05) is 13.8 Å². The van der Waals surface area contributed by atoms with Gasteiger partial charge in [0.25, 0.3) is 0 Å². The fourth-order valence-electron chi connectivity index (χ4n) is 0.989. The number of rotatable bonds is 7. The molecule has 0 rings (SSSR count). The molecule has 0 amide bonds. The van der Waals surface area contributed by atoms with E-state index in [4.69, 9.17) is 37.6 Å². The van der Waals surface area contributed by atoms with E-state index in [1.165, 1.54) is 6.92 Å². The van der Waals surface area contributed by atoms with Gasteiger partial charge < -0.3 is 37.6 Å². The molecule has 0 bridgehead atoms. The van der Waals surface area contributed by atoms with Crippen LogP contribution in [-0.4, -0.2) is 62.6 Å². The first kappa shape index (κ1) is 28.1. The van der Waals surface area contributed by atoms with E-state index in [0.29, 0.717) is 0 Å². The lowest BCUT2D eigenvalue weighted by Crippen LogP contribution is -2.39. The predicted octanol–water partition coefficient (Wildman–Crippen LogP) is -0.722. The molecule has 0 fully saturated rings. The molecule has 5 atom stereocenters. The van der Waals surface area contributed by atoms with Crippen LogP contribution < -0.4 is 17.2 Å². The summed E-state index contributed by atoms with van der Waals surface area (Å²) in [5.41, 5.74) is 15.3. The van der Waals surface area contributed by atoms with E-state index in [1.54, 1.807) is 13.8 Å². The van der Waals surface area contributed by atoms with Gasteiger partial charge in [0.05, 0.1) is 6.10 Å². The van der Waals surface area contributed by atoms with Crippen LogP contribution in [0.2, 0.25) is 0 Å². The van der Waals surface area contributed by atoms with E-state index in [9.17, 15) is 14.4 Å². The fourth-order valence-corrected chi connectivity index (χ4v) is 0.989. The van der Waals surface area contributed by atoms with Crippen LogP contribution >= 0.6 is 0 Å². The van der Waals surface area contributed by atoms with E-state index < -0.39 is 42.1 Å². The SMILES string of the molecule is CC(C)[C@H](N)C(=O)O.CC[C@H](C)[C@H](N)C(=O)O.C[C@@H](O)[C@H](N)C(=O)O. The first-order valence-corrected chi connectivity index (χ1v) is 7.83. The highest BCUT2D eigenvalue weighted by Gasteiger charge is 2.17. The van der Waals surface area contributed by atoms with Crippen molar-refractivity contribution in [3.05, 3.63) is 0 Å². The molecule has 0 aliphatic rings. The fraction of sp³-hybridized carbons (Fsp3) is 0.800. The van der Waals surface area contributed by atoms with E-state index in [2.05, 4.69) is 0 Å². The van der Waals surface area contributed by atoms with Gasteiger partial charge in [-0.15, -0.1) is 0 Å². The summed E-state index contributed by atoms with van der Waals surface area (Å²) in [5.74, 6) is -2.93. The van der Waals surface area contributed by atoms with Crippen molar-refractivity contribution in [1.29, 1.82) is 0 Å². The second-order valence-electron chi connectivity index (χ2n) is 5.96. The second-order valence-corrected chi connectivity index (χ2v) is 5.96. The molecule has 10 N–H and O–H groups in total. The second kappa shape index (κ2) is 14.6. The van der Waals surface area contributed by atoms with Crippen LogP contribution in [0.15, 0.2) is 0 Å². The Hall–Kier alpha value is -1.75. The van der Waals surface area contributed by atoms with Crippen LogP contribution in [0.25, 0.3) is 0 Å². The molecule has 0 spiro atoms. The predicted molar refractivity (Wildman–Crippen MR) is 92.8 cm³/mol. The number of carbonyl (C=O) groups is 3. The molecule has 0 aromatic carbocycles. The van der Waals surface area contributed by atoms with Crippen LogP contribution in [0.4, 0.5) is 0 Å². The monoisotopic (exact) mass is 367 g/mol. The van der Waals surface area contributed by atoms with Gasteiger partial charge in [0.15, 0.2) is 0 Å². The normalized spacial score (nSPS) is 16.1. The molecule has 0 aliphatic heterocycles. The zero-order valence-electron chi connectivity index (χ0n) is 15.4. The van der Waals surface area contributed by atoms with Crippen molar-refractivity contribution in [2.45, 2.75) is 65.3 Å². The van der Waals surface area contributed by atoms with Crippen LogP contribution in [0.5, 0.6) is 0 Å². The molecular formula is C15H33N3O7. The van der Waals surface area contributed by atoms with Crippen molar-refractivity contribution in [2.75, 3.05) is 0 Å². The number of hydrogen-bond acceptors (Lipinski definition) is 7. The number of aliphatic hydroxyl groups excluding tert-OH is 1. The summed E-state index contributed by atoms with van der Waals surface area (Å²) < 4.78 is 0. The summed E-state index contributed by atoms with van der Waals surface area (Å²) in [5, 5.41) is 33.1. The maximum absolute atomic E-state index is 10.2. The van der Waals surface area contributed by atoms with Crippen LogP contribution in [0.3, 0.4) is 0 Å². The Morgan fingerprint density at radius 1 is 0.760 bits per heavy atom. The molecule has 0 saturated carbocycles. The third-order valence-corrected chi connectivity index (χ3v) is 3.35. The Bertz CT molecular complexity index is 379. The number of nitrogens with two attached hydrogens (primary N) is 3. The standard InChI is InChI=1S/C6H13NO2.C5H11NO2.C4H9NO3/c1-3-4(2)5(7)6(8)9;1-3(2)4(6)5(7)8;1-2(6)3(5)4(7)8/h4-5H,3,7H2,1-2H3,(H,8,9);3-4H,6H2,1-2H3,(H,7,8);2-3,6H,5H2,1H3,(H,7,8)/t4-,5-;4-;2-,3+/m001/s1. The highest BCUT2D eigenvalue weighted by molar-refractivity contribution is 5.74. The van der Waals surface area contributed by atoms with Gasteiger partial charge in [-0.2, -0.15) is 0 Å². The first-order valence-electron chi connectivity index (χ1n) is 7.83. The average molecular weight is 367 g/mol. The zero-order chi connectivity index (χ0) is 20.9. The zero-order valence-corrected chi connectivity index (χ0v) is 15.4. The highest BCUT2D eigenvalue weighted by Crippen LogP contribution is 2.04. The van der Waals surface area contributed by atoms with Gasteiger partial charge in [-0.05, 0) is 18.8 Å². The van der Waals surface area contributed by atoms with E-state index >= 15 is 0 Å². The Kier molecular flexibility index (Phi) is 16.4. The Labute approximate surface area is 148 Å². The quantitative estimate of drug-likeness (QED) is 0.300. The molecule has 0 aliphatic carbocycles. The van der Waals surface area contributed by atoms with Gasteiger partial charge in [-0.3, -0.25) is 14.4 Å². The molecule has 0 saturated heterocycles. The maximum Gasteiger partial charge on any atom is 0.323 e. The van der Waals surface area contributed by atoms with Gasteiger partial charge in [0.2, 0.25) is 0 Å².